The van der Waals surface area contributed by atoms with Crippen LogP contribution in [0.5, 0.6) is 5.75 Å². The topological polar surface area (TPSA) is 114 Å². The highest BCUT2D eigenvalue weighted by Crippen LogP contribution is 2.40. The largest absolute Gasteiger partial charge is 0.497 e. The zero-order valence-electron chi connectivity index (χ0n) is 20.1. The number of amides is 1. The molecule has 1 aliphatic heterocycles. The number of methoxy groups -OCH3 is 1. The normalized spacial score (nSPS) is 12.6. The fraction of sp³-hybridized carbons (Fsp3) is 0.107. The monoisotopic (exact) mass is 514 g/mol. The van der Waals surface area contributed by atoms with Crippen molar-refractivity contribution >= 4 is 44.4 Å². The molecular formula is C28H26N4O4S. The van der Waals surface area contributed by atoms with Gasteiger partial charge in [0.2, 0.25) is 0 Å². The number of hydrogen-bond acceptors (Lipinski definition) is 6. The van der Waals surface area contributed by atoms with Gasteiger partial charge in [0.05, 0.1) is 34.8 Å². The molecule has 188 valence electrons. The summed E-state index contributed by atoms with van der Waals surface area (Å²) in [5.74, 6) is 0.314. The van der Waals surface area contributed by atoms with Crippen molar-refractivity contribution in [3.63, 3.8) is 0 Å². The van der Waals surface area contributed by atoms with E-state index in [0.29, 0.717) is 47.0 Å². The fourth-order valence-electron chi connectivity index (χ4n) is 4.30. The van der Waals surface area contributed by atoms with Gasteiger partial charge >= 0.3 is 0 Å². The van der Waals surface area contributed by atoms with E-state index < -0.39 is 10.0 Å². The van der Waals surface area contributed by atoms with Gasteiger partial charge in [-0.05, 0) is 78.7 Å². The Balaban J connectivity index is 1.37. The van der Waals surface area contributed by atoms with E-state index in [4.69, 9.17) is 10.5 Å². The molecule has 4 aromatic rings. The summed E-state index contributed by atoms with van der Waals surface area (Å²) in [6.07, 6.45) is 0.613. The number of carbonyl (C=O) groups is 1. The van der Waals surface area contributed by atoms with Crippen molar-refractivity contribution in [1.29, 1.82) is 0 Å². The van der Waals surface area contributed by atoms with Crippen LogP contribution in [-0.2, 0) is 16.4 Å². The molecule has 37 heavy (non-hydrogen) atoms. The van der Waals surface area contributed by atoms with E-state index in [2.05, 4.69) is 10.6 Å². The van der Waals surface area contributed by atoms with Crippen molar-refractivity contribution in [2.24, 2.45) is 0 Å². The Hall–Kier alpha value is -4.50. The zero-order valence-corrected chi connectivity index (χ0v) is 21.0. The Morgan fingerprint density at radius 3 is 2.30 bits per heavy atom. The lowest BCUT2D eigenvalue weighted by Crippen LogP contribution is -2.29. The predicted octanol–water partition coefficient (Wildman–Crippen LogP) is 5.02. The quantitative estimate of drug-likeness (QED) is 0.298. The third-order valence-corrected chi connectivity index (χ3v) is 8.05. The molecule has 1 aliphatic rings. The van der Waals surface area contributed by atoms with Crippen molar-refractivity contribution in [3.05, 3.63) is 102 Å². The number of nitrogens with one attached hydrogen (secondary N) is 2. The van der Waals surface area contributed by atoms with Crippen molar-refractivity contribution in [1.82, 2.24) is 0 Å². The van der Waals surface area contributed by atoms with Crippen LogP contribution in [0.1, 0.15) is 15.9 Å². The highest BCUT2D eigenvalue weighted by Gasteiger charge is 2.33. The molecule has 0 saturated heterocycles. The van der Waals surface area contributed by atoms with Crippen LogP contribution < -0.4 is 25.4 Å². The second-order valence-electron chi connectivity index (χ2n) is 8.56. The molecule has 0 aliphatic carbocycles. The molecule has 0 radical (unpaired) electrons. The lowest BCUT2D eigenvalue weighted by molar-refractivity contribution is 0.102. The molecule has 0 unspecified atom stereocenters. The maximum Gasteiger partial charge on any atom is 0.264 e. The zero-order chi connectivity index (χ0) is 26.0. The van der Waals surface area contributed by atoms with E-state index in [-0.39, 0.29) is 10.8 Å². The third kappa shape index (κ3) is 4.81. The van der Waals surface area contributed by atoms with Gasteiger partial charge in [-0.1, -0.05) is 24.3 Å². The number of sulfonamides is 1. The van der Waals surface area contributed by atoms with Gasteiger partial charge in [0.1, 0.15) is 5.75 Å². The second kappa shape index (κ2) is 9.87. The van der Waals surface area contributed by atoms with Crippen LogP contribution in [0.15, 0.2) is 95.9 Å². The number of rotatable bonds is 7. The van der Waals surface area contributed by atoms with Gasteiger partial charge < -0.3 is 21.1 Å². The first-order chi connectivity index (χ1) is 17.9. The molecule has 4 N–H and O–H groups in total. The molecule has 4 aromatic carbocycles. The Labute approximate surface area is 215 Å². The number of nitrogens with two attached hydrogens (primary N) is 1. The average Bonchev–Trinajstić information content (AvgIpc) is 3.37. The highest BCUT2D eigenvalue weighted by molar-refractivity contribution is 7.92. The van der Waals surface area contributed by atoms with Crippen LogP contribution in [0, 0.1) is 0 Å². The van der Waals surface area contributed by atoms with Crippen molar-refractivity contribution in [2.75, 3.05) is 34.3 Å². The lowest BCUT2D eigenvalue weighted by atomic mass is 10.1. The van der Waals surface area contributed by atoms with E-state index in [1.807, 2.05) is 18.2 Å². The maximum absolute atomic E-state index is 13.5. The van der Waals surface area contributed by atoms with Gasteiger partial charge in [0.15, 0.2) is 0 Å². The molecule has 0 bridgehead atoms. The number of ether oxygens (including phenoxy) is 1. The Kier molecular flexibility index (Phi) is 6.45. The lowest BCUT2D eigenvalue weighted by Gasteiger charge is -2.23. The summed E-state index contributed by atoms with van der Waals surface area (Å²) in [6, 6.07) is 26.1. The summed E-state index contributed by atoms with van der Waals surface area (Å²) in [5, 5.41) is 6.13. The molecule has 1 amide bonds. The third-order valence-electron chi connectivity index (χ3n) is 6.24. The number of benzene rings is 4. The smallest absolute Gasteiger partial charge is 0.264 e. The van der Waals surface area contributed by atoms with Crippen LogP contribution in [-0.4, -0.2) is 28.0 Å². The SMILES string of the molecule is COc1ccc(S(=O)(=O)N2CCc3cccc(Nc4ccc(C(=O)Nc5ccccc5N)cc4)c32)cc1. The first-order valence-corrected chi connectivity index (χ1v) is 13.1. The Bertz CT molecular complexity index is 1550. The molecule has 0 spiro atoms. The standard InChI is InChI=1S/C28H26N4O4S/c1-36-22-13-15-23(16-14-22)37(34,35)32-18-17-19-5-4-8-26(27(19)32)30-21-11-9-20(10-12-21)28(33)31-25-7-3-2-6-24(25)29/h2-16,30H,17-18,29H2,1H3,(H,31,33). The summed E-state index contributed by atoms with van der Waals surface area (Å²) >= 11 is 0. The Morgan fingerprint density at radius 2 is 1.59 bits per heavy atom. The molecule has 8 nitrogen and oxygen atoms in total. The molecule has 1 heterocycles. The van der Waals surface area contributed by atoms with Gasteiger partial charge in [-0.2, -0.15) is 0 Å². The van der Waals surface area contributed by atoms with Gasteiger partial charge in [0, 0.05) is 17.8 Å². The fourth-order valence-corrected chi connectivity index (χ4v) is 5.83. The molecule has 0 saturated carbocycles. The predicted molar refractivity (Wildman–Crippen MR) is 146 cm³/mol. The summed E-state index contributed by atoms with van der Waals surface area (Å²) in [5.41, 5.74) is 10.4. The van der Waals surface area contributed by atoms with Crippen LogP contribution in [0.2, 0.25) is 0 Å². The van der Waals surface area contributed by atoms with Crippen molar-refractivity contribution in [2.45, 2.75) is 11.3 Å². The van der Waals surface area contributed by atoms with Crippen molar-refractivity contribution < 1.29 is 17.9 Å². The van der Waals surface area contributed by atoms with Crippen LogP contribution in [0.3, 0.4) is 0 Å². The highest BCUT2D eigenvalue weighted by atomic mass is 32.2. The maximum atomic E-state index is 13.5. The Morgan fingerprint density at radius 1 is 0.892 bits per heavy atom. The minimum atomic E-state index is -3.77. The molecule has 5 rings (SSSR count). The van der Waals surface area contributed by atoms with Crippen LogP contribution in [0.25, 0.3) is 0 Å². The summed E-state index contributed by atoms with van der Waals surface area (Å²) in [7, 11) is -2.23. The van der Waals surface area contributed by atoms with Crippen LogP contribution in [0.4, 0.5) is 28.4 Å². The number of nitrogens with zero attached hydrogens (tertiary/aromatic N) is 1. The molecule has 0 aromatic heterocycles. The van der Waals surface area contributed by atoms with E-state index in [0.717, 1.165) is 11.3 Å². The minimum absolute atomic E-state index is 0.199. The average molecular weight is 515 g/mol. The number of nitrogen functional groups attached to an aromatic ring is 1. The second-order valence-corrected chi connectivity index (χ2v) is 10.4. The number of para-hydroxylation sites is 3. The molecule has 9 heteroatoms. The van der Waals surface area contributed by atoms with Gasteiger partial charge in [0.25, 0.3) is 15.9 Å². The first kappa shape index (κ1) is 24.2. The minimum Gasteiger partial charge on any atom is -0.497 e. The van der Waals surface area contributed by atoms with E-state index in [1.54, 1.807) is 72.8 Å². The molecule has 0 fully saturated rings. The van der Waals surface area contributed by atoms with Crippen molar-refractivity contribution in [3.8, 4) is 5.75 Å². The summed E-state index contributed by atoms with van der Waals surface area (Å²) in [4.78, 5) is 12.8. The van der Waals surface area contributed by atoms with Crippen LogP contribution >= 0.6 is 0 Å². The van der Waals surface area contributed by atoms with Gasteiger partial charge in [-0.3, -0.25) is 9.10 Å². The molecular weight excluding hydrogens is 488 g/mol. The molecule has 0 atom stereocenters. The summed E-state index contributed by atoms with van der Waals surface area (Å²) in [6.45, 7) is 0.351. The number of fused-ring (bicyclic) bond motifs is 1. The van der Waals surface area contributed by atoms with Gasteiger partial charge in [-0.15, -0.1) is 0 Å². The first-order valence-electron chi connectivity index (χ1n) is 11.7. The van der Waals surface area contributed by atoms with E-state index in [1.165, 1.54) is 11.4 Å². The van der Waals surface area contributed by atoms with E-state index in [9.17, 15) is 13.2 Å². The number of hydrogen-bond donors (Lipinski definition) is 3. The number of carbonyl (C=O) groups excluding carboxylic acids is 1. The number of anilines is 5. The van der Waals surface area contributed by atoms with Gasteiger partial charge in [-0.25, -0.2) is 8.42 Å². The summed E-state index contributed by atoms with van der Waals surface area (Å²) < 4.78 is 33.6. The van der Waals surface area contributed by atoms with E-state index >= 15 is 0 Å².